The van der Waals surface area contributed by atoms with E-state index in [-0.39, 0.29) is 5.56 Å². The second kappa shape index (κ2) is 8.31. The van der Waals surface area contributed by atoms with Crippen LogP contribution >= 0.6 is 0 Å². The van der Waals surface area contributed by atoms with Gasteiger partial charge in [0.2, 0.25) is 0 Å². The number of amides is 1. The predicted molar refractivity (Wildman–Crippen MR) is 114 cm³/mol. The summed E-state index contributed by atoms with van der Waals surface area (Å²) in [7, 11) is 0. The number of nitrogens with one attached hydrogen (secondary N) is 1. The first-order chi connectivity index (χ1) is 14.1. The highest BCUT2D eigenvalue weighted by Crippen LogP contribution is 2.22. The van der Waals surface area contributed by atoms with Crippen molar-refractivity contribution < 1.29 is 9.18 Å². The smallest absolute Gasteiger partial charge is 0.258 e. The van der Waals surface area contributed by atoms with E-state index in [4.69, 9.17) is 0 Å². The van der Waals surface area contributed by atoms with Crippen molar-refractivity contribution in [1.29, 1.82) is 0 Å². The number of aryl methyl sites for hydroxylation is 1. The quantitative estimate of drug-likeness (QED) is 0.728. The maximum absolute atomic E-state index is 14.0. The third-order valence-electron chi connectivity index (χ3n) is 5.11. The molecule has 148 valence electrons. The number of anilines is 3. The standard InChI is InChI=1S/C23H23FN4O/c1-17-5-10-20(21(24)16-17)23(29)26-18-6-8-19(9-7-18)27-12-14-28(15-13-27)22-4-2-3-11-25-22/h2-11,16H,12-15H2,1H3,(H,26,29). The highest BCUT2D eigenvalue weighted by atomic mass is 19.1. The van der Waals surface area contributed by atoms with E-state index in [1.807, 2.05) is 48.7 Å². The van der Waals surface area contributed by atoms with Gasteiger partial charge in [-0.15, -0.1) is 0 Å². The number of carbonyl (C=O) groups is 1. The molecule has 2 aromatic carbocycles. The summed E-state index contributed by atoms with van der Waals surface area (Å²) in [4.78, 5) is 21.3. The van der Waals surface area contributed by atoms with Gasteiger partial charge in [-0.25, -0.2) is 9.37 Å². The van der Waals surface area contributed by atoms with Gasteiger partial charge in [0.15, 0.2) is 0 Å². The zero-order valence-corrected chi connectivity index (χ0v) is 16.3. The summed E-state index contributed by atoms with van der Waals surface area (Å²) in [5.41, 5.74) is 2.58. The number of halogens is 1. The van der Waals surface area contributed by atoms with Crippen molar-refractivity contribution in [2.45, 2.75) is 6.92 Å². The molecule has 0 atom stereocenters. The van der Waals surface area contributed by atoms with Crippen LogP contribution in [-0.2, 0) is 0 Å². The van der Waals surface area contributed by atoms with Gasteiger partial charge < -0.3 is 15.1 Å². The molecule has 0 spiro atoms. The average Bonchev–Trinajstić information content (AvgIpc) is 2.75. The van der Waals surface area contributed by atoms with E-state index in [0.29, 0.717) is 5.69 Å². The molecule has 0 aliphatic carbocycles. The molecule has 0 saturated carbocycles. The van der Waals surface area contributed by atoms with Crippen molar-refractivity contribution in [3.05, 3.63) is 83.8 Å². The lowest BCUT2D eigenvalue weighted by molar-refractivity contribution is 0.102. The molecule has 4 rings (SSSR count). The summed E-state index contributed by atoms with van der Waals surface area (Å²) < 4.78 is 14.0. The van der Waals surface area contributed by atoms with E-state index in [1.54, 1.807) is 13.0 Å². The molecule has 3 aromatic rings. The van der Waals surface area contributed by atoms with Crippen molar-refractivity contribution in [1.82, 2.24) is 4.98 Å². The van der Waals surface area contributed by atoms with Crippen LogP contribution in [0.15, 0.2) is 66.9 Å². The molecule has 2 heterocycles. The van der Waals surface area contributed by atoms with Gasteiger partial charge in [-0.3, -0.25) is 4.79 Å². The molecule has 6 heteroatoms. The Morgan fingerprint density at radius 2 is 1.69 bits per heavy atom. The highest BCUT2D eigenvalue weighted by molar-refractivity contribution is 6.04. The lowest BCUT2D eigenvalue weighted by Crippen LogP contribution is -2.46. The second-order valence-electron chi connectivity index (χ2n) is 7.15. The van der Waals surface area contributed by atoms with Gasteiger partial charge in [-0.1, -0.05) is 12.1 Å². The number of hydrogen-bond donors (Lipinski definition) is 1. The van der Waals surface area contributed by atoms with E-state index in [0.717, 1.165) is 43.2 Å². The summed E-state index contributed by atoms with van der Waals surface area (Å²) in [6, 6.07) is 18.2. The minimum atomic E-state index is -0.509. The summed E-state index contributed by atoms with van der Waals surface area (Å²) in [5.74, 6) is 0.0534. The van der Waals surface area contributed by atoms with Crippen molar-refractivity contribution >= 4 is 23.1 Å². The summed E-state index contributed by atoms with van der Waals surface area (Å²) >= 11 is 0. The van der Waals surface area contributed by atoms with Crippen LogP contribution in [0.2, 0.25) is 0 Å². The van der Waals surface area contributed by atoms with E-state index in [9.17, 15) is 9.18 Å². The first-order valence-corrected chi connectivity index (χ1v) is 9.69. The first-order valence-electron chi connectivity index (χ1n) is 9.69. The zero-order valence-electron chi connectivity index (χ0n) is 16.3. The summed E-state index contributed by atoms with van der Waals surface area (Å²) in [6.07, 6.45) is 1.82. The molecule has 0 bridgehead atoms. The Bertz CT molecular complexity index is 984. The normalized spacial score (nSPS) is 14.0. The maximum atomic E-state index is 14.0. The second-order valence-corrected chi connectivity index (χ2v) is 7.15. The molecular formula is C23H23FN4O. The van der Waals surface area contributed by atoms with Crippen molar-refractivity contribution in [2.75, 3.05) is 41.3 Å². The fourth-order valence-corrected chi connectivity index (χ4v) is 3.49. The molecule has 1 N–H and O–H groups in total. The topological polar surface area (TPSA) is 48.5 Å². The number of nitrogens with zero attached hydrogens (tertiary/aromatic N) is 3. The van der Waals surface area contributed by atoms with Crippen LogP contribution in [0.25, 0.3) is 0 Å². The Kier molecular flexibility index (Phi) is 5.42. The van der Waals surface area contributed by atoms with Crippen LogP contribution in [-0.4, -0.2) is 37.1 Å². The molecule has 1 aliphatic rings. The largest absolute Gasteiger partial charge is 0.368 e. The number of rotatable bonds is 4. The molecule has 0 unspecified atom stereocenters. The number of carbonyl (C=O) groups excluding carboxylic acids is 1. The fraction of sp³-hybridized carbons (Fsp3) is 0.217. The number of benzene rings is 2. The molecule has 1 saturated heterocycles. The fourth-order valence-electron chi connectivity index (χ4n) is 3.49. The Morgan fingerprint density at radius 1 is 0.966 bits per heavy atom. The summed E-state index contributed by atoms with van der Waals surface area (Å²) in [5, 5.41) is 2.76. The highest BCUT2D eigenvalue weighted by Gasteiger charge is 2.18. The van der Waals surface area contributed by atoms with Gasteiger partial charge in [0, 0.05) is 43.8 Å². The third-order valence-corrected chi connectivity index (χ3v) is 5.11. The van der Waals surface area contributed by atoms with Crippen LogP contribution in [0, 0.1) is 12.7 Å². The summed E-state index contributed by atoms with van der Waals surface area (Å²) in [6.45, 7) is 5.40. The van der Waals surface area contributed by atoms with E-state index >= 15 is 0 Å². The van der Waals surface area contributed by atoms with E-state index in [1.165, 1.54) is 12.1 Å². The predicted octanol–water partition coefficient (Wildman–Crippen LogP) is 4.11. The minimum absolute atomic E-state index is 0.0466. The van der Waals surface area contributed by atoms with Gasteiger partial charge in [0.05, 0.1) is 5.56 Å². The Labute approximate surface area is 169 Å². The Hall–Kier alpha value is -3.41. The molecule has 1 aromatic heterocycles. The minimum Gasteiger partial charge on any atom is -0.368 e. The van der Waals surface area contributed by atoms with Gasteiger partial charge in [0.25, 0.3) is 5.91 Å². The molecule has 0 radical (unpaired) electrons. The van der Waals surface area contributed by atoms with Gasteiger partial charge in [-0.2, -0.15) is 0 Å². The van der Waals surface area contributed by atoms with Crippen molar-refractivity contribution in [2.24, 2.45) is 0 Å². The Morgan fingerprint density at radius 3 is 2.34 bits per heavy atom. The lowest BCUT2D eigenvalue weighted by Gasteiger charge is -2.36. The van der Waals surface area contributed by atoms with Gasteiger partial charge in [0.1, 0.15) is 11.6 Å². The maximum Gasteiger partial charge on any atom is 0.258 e. The number of hydrogen-bond acceptors (Lipinski definition) is 4. The number of aromatic nitrogens is 1. The van der Waals surface area contributed by atoms with E-state index < -0.39 is 11.7 Å². The Balaban J connectivity index is 1.36. The molecule has 1 fully saturated rings. The number of piperazine rings is 1. The van der Waals surface area contributed by atoms with Gasteiger partial charge >= 0.3 is 0 Å². The average molecular weight is 390 g/mol. The van der Waals surface area contributed by atoms with Crippen LogP contribution in [0.5, 0.6) is 0 Å². The molecule has 1 aliphatic heterocycles. The molecule has 1 amide bonds. The van der Waals surface area contributed by atoms with Crippen LogP contribution < -0.4 is 15.1 Å². The number of pyridine rings is 1. The first kappa shape index (κ1) is 18.9. The molecule has 5 nitrogen and oxygen atoms in total. The zero-order chi connectivity index (χ0) is 20.2. The van der Waals surface area contributed by atoms with Crippen LogP contribution in [0.1, 0.15) is 15.9 Å². The van der Waals surface area contributed by atoms with Crippen LogP contribution in [0.3, 0.4) is 0 Å². The SMILES string of the molecule is Cc1ccc(C(=O)Nc2ccc(N3CCN(c4ccccn4)CC3)cc2)c(F)c1. The van der Waals surface area contributed by atoms with Gasteiger partial charge in [-0.05, 0) is 61.0 Å². The lowest BCUT2D eigenvalue weighted by atomic mass is 10.1. The molecule has 29 heavy (non-hydrogen) atoms. The molecular weight excluding hydrogens is 367 g/mol. The monoisotopic (exact) mass is 390 g/mol. The third kappa shape index (κ3) is 4.37. The van der Waals surface area contributed by atoms with Crippen molar-refractivity contribution in [3.63, 3.8) is 0 Å². The van der Waals surface area contributed by atoms with Crippen LogP contribution in [0.4, 0.5) is 21.6 Å². The van der Waals surface area contributed by atoms with Crippen molar-refractivity contribution in [3.8, 4) is 0 Å². The van der Waals surface area contributed by atoms with E-state index in [2.05, 4.69) is 20.1 Å².